The minimum atomic E-state index is -0.983. The number of hydrogen-bond donors (Lipinski definition) is 1. The van der Waals surface area contributed by atoms with E-state index in [2.05, 4.69) is 18.2 Å². The highest BCUT2D eigenvalue weighted by atomic mass is 32.2. The lowest BCUT2D eigenvalue weighted by Crippen LogP contribution is -2.36. The van der Waals surface area contributed by atoms with E-state index in [4.69, 9.17) is 4.74 Å². The Morgan fingerprint density at radius 3 is 2.65 bits per heavy atom. The van der Waals surface area contributed by atoms with Crippen LogP contribution in [-0.2, 0) is 16.1 Å². The number of ether oxygens (including phenoxy) is 1. The summed E-state index contributed by atoms with van der Waals surface area (Å²) < 4.78 is 5.36. The highest BCUT2D eigenvalue weighted by molar-refractivity contribution is 8.00. The van der Waals surface area contributed by atoms with Gasteiger partial charge in [0.2, 0.25) is 0 Å². The second kappa shape index (κ2) is 2.79. The Morgan fingerprint density at radius 1 is 1.18 bits per heavy atom. The lowest BCUT2D eigenvalue weighted by molar-refractivity contribution is 0.130. The number of thioether (sulfide) groups is 1. The molecule has 1 spiro atoms. The van der Waals surface area contributed by atoms with E-state index < -0.39 is 5.60 Å². The van der Waals surface area contributed by atoms with E-state index in [0.29, 0.717) is 0 Å². The zero-order valence-electron chi connectivity index (χ0n) is 9.43. The lowest BCUT2D eigenvalue weighted by atomic mass is 9.71. The van der Waals surface area contributed by atoms with Crippen molar-refractivity contribution < 1.29 is 9.84 Å². The number of aliphatic hydroxyl groups is 1. The van der Waals surface area contributed by atoms with Gasteiger partial charge >= 0.3 is 0 Å². The first-order valence-electron chi connectivity index (χ1n) is 5.66. The van der Waals surface area contributed by atoms with Gasteiger partial charge in [0.05, 0.1) is 11.9 Å². The molecule has 0 unspecified atom stereocenters. The van der Waals surface area contributed by atoms with Crippen molar-refractivity contribution in [2.24, 2.45) is 0 Å². The van der Waals surface area contributed by atoms with E-state index in [1.807, 2.05) is 30.0 Å². The molecule has 0 atom stereocenters. The third-order valence-corrected chi connectivity index (χ3v) is 5.31. The molecule has 0 aromatic heterocycles. The van der Waals surface area contributed by atoms with Crippen molar-refractivity contribution in [2.45, 2.75) is 16.1 Å². The van der Waals surface area contributed by atoms with Crippen LogP contribution < -0.4 is 4.74 Å². The van der Waals surface area contributed by atoms with Crippen LogP contribution in [0.15, 0.2) is 36.4 Å². The molecule has 1 N–H and O–H groups in total. The average molecular weight is 244 g/mol. The van der Waals surface area contributed by atoms with Crippen molar-refractivity contribution >= 4 is 11.8 Å². The van der Waals surface area contributed by atoms with Crippen LogP contribution in [0, 0.1) is 0 Å². The first-order valence-corrected chi connectivity index (χ1v) is 6.65. The van der Waals surface area contributed by atoms with Crippen molar-refractivity contribution in [3.8, 4) is 5.75 Å². The van der Waals surface area contributed by atoms with Gasteiger partial charge in [-0.3, -0.25) is 0 Å². The largest absolute Gasteiger partial charge is 0.496 e. The number of rotatable bonds is 1. The highest BCUT2D eigenvalue weighted by Crippen LogP contribution is 2.60. The normalized spacial score (nSPS) is 35.2. The van der Waals surface area contributed by atoms with Crippen LogP contribution in [-0.4, -0.2) is 12.2 Å². The summed E-state index contributed by atoms with van der Waals surface area (Å²) in [5, 5.41) is 10.7. The van der Waals surface area contributed by atoms with Crippen LogP contribution in [0.4, 0.5) is 0 Å². The fourth-order valence-electron chi connectivity index (χ4n) is 3.07. The molecule has 2 bridgehead atoms. The Bertz CT molecular complexity index is 572. The lowest BCUT2D eigenvalue weighted by Gasteiger charge is -2.41. The topological polar surface area (TPSA) is 29.5 Å². The van der Waals surface area contributed by atoms with Gasteiger partial charge in [-0.25, -0.2) is 0 Å². The fourth-order valence-corrected chi connectivity index (χ4v) is 4.41. The Balaban J connectivity index is 2.15. The zero-order chi connectivity index (χ0) is 11.7. The van der Waals surface area contributed by atoms with Gasteiger partial charge in [-0.05, 0) is 29.3 Å². The molecule has 1 heterocycles. The first kappa shape index (κ1) is 9.80. The first-order chi connectivity index (χ1) is 8.19. The summed E-state index contributed by atoms with van der Waals surface area (Å²) in [6, 6.07) is 4.08. The SMILES string of the molecule is COc1ccc2c3c1C1(O)C=CC3(C=C1)SC2. The molecule has 2 nitrogen and oxygen atoms in total. The van der Waals surface area contributed by atoms with Gasteiger partial charge in [0.25, 0.3) is 0 Å². The molecule has 1 aromatic carbocycles. The molecule has 0 radical (unpaired) electrons. The van der Waals surface area contributed by atoms with E-state index in [9.17, 15) is 5.11 Å². The molecule has 0 saturated heterocycles. The van der Waals surface area contributed by atoms with Gasteiger partial charge in [0.1, 0.15) is 11.4 Å². The van der Waals surface area contributed by atoms with Gasteiger partial charge in [-0.15, -0.1) is 11.8 Å². The highest BCUT2D eigenvalue weighted by Gasteiger charge is 2.50. The number of hydrogen-bond acceptors (Lipinski definition) is 3. The summed E-state index contributed by atoms with van der Waals surface area (Å²) >= 11 is 1.90. The molecule has 0 amide bonds. The van der Waals surface area contributed by atoms with E-state index in [-0.39, 0.29) is 4.75 Å². The van der Waals surface area contributed by atoms with Crippen LogP contribution in [0.1, 0.15) is 16.7 Å². The molecular formula is C14H12O2S. The number of methoxy groups -OCH3 is 1. The third-order valence-electron chi connectivity index (χ3n) is 3.90. The maximum Gasteiger partial charge on any atom is 0.130 e. The monoisotopic (exact) mass is 244 g/mol. The van der Waals surface area contributed by atoms with E-state index >= 15 is 0 Å². The summed E-state index contributed by atoms with van der Waals surface area (Å²) in [7, 11) is 1.66. The molecule has 0 fully saturated rings. The second-order valence-electron chi connectivity index (χ2n) is 4.75. The maximum absolute atomic E-state index is 10.7. The summed E-state index contributed by atoms with van der Waals surface area (Å²) in [4.78, 5) is 0. The predicted molar refractivity (Wildman–Crippen MR) is 68.1 cm³/mol. The third kappa shape index (κ3) is 0.980. The fraction of sp³-hybridized carbons (Fsp3) is 0.286. The van der Waals surface area contributed by atoms with Crippen LogP contribution in [0.3, 0.4) is 0 Å². The van der Waals surface area contributed by atoms with Crippen LogP contribution in [0.2, 0.25) is 0 Å². The molecule has 3 aliphatic carbocycles. The van der Waals surface area contributed by atoms with Gasteiger partial charge in [-0.2, -0.15) is 0 Å². The molecule has 4 aliphatic rings. The van der Waals surface area contributed by atoms with Crippen molar-refractivity contribution in [2.75, 3.05) is 7.11 Å². The predicted octanol–water partition coefficient (Wildman–Crippen LogP) is 2.46. The quantitative estimate of drug-likeness (QED) is 0.770. The van der Waals surface area contributed by atoms with Gasteiger partial charge in [-0.1, -0.05) is 18.2 Å². The Hall–Kier alpha value is -1.19. The maximum atomic E-state index is 10.7. The molecular weight excluding hydrogens is 232 g/mol. The molecule has 86 valence electrons. The Morgan fingerprint density at radius 2 is 1.94 bits per heavy atom. The summed E-state index contributed by atoms with van der Waals surface area (Å²) in [6.45, 7) is 0. The minimum Gasteiger partial charge on any atom is -0.496 e. The summed E-state index contributed by atoms with van der Waals surface area (Å²) in [5.74, 6) is 1.78. The summed E-state index contributed by atoms with van der Waals surface area (Å²) in [5.41, 5.74) is 2.52. The van der Waals surface area contributed by atoms with Gasteiger partial charge in [0.15, 0.2) is 0 Å². The van der Waals surface area contributed by atoms with E-state index in [0.717, 1.165) is 17.1 Å². The van der Waals surface area contributed by atoms with E-state index in [1.54, 1.807) is 7.11 Å². The van der Waals surface area contributed by atoms with Crippen LogP contribution in [0.5, 0.6) is 5.75 Å². The van der Waals surface area contributed by atoms with Crippen molar-refractivity contribution in [1.29, 1.82) is 0 Å². The van der Waals surface area contributed by atoms with Crippen molar-refractivity contribution in [1.82, 2.24) is 0 Å². The molecule has 3 heteroatoms. The molecule has 1 aromatic rings. The molecule has 17 heavy (non-hydrogen) atoms. The average Bonchev–Trinajstić information content (AvgIpc) is 2.73. The standard InChI is InChI=1S/C14H12O2S/c1-16-10-3-2-9-8-17-14-6-4-13(15,5-7-14)12(10)11(9)14/h2-7,15H,8H2,1H3. The Labute approximate surface area is 104 Å². The number of benzene rings is 1. The minimum absolute atomic E-state index is 0.0658. The molecule has 1 aliphatic heterocycles. The van der Waals surface area contributed by atoms with Crippen LogP contribution in [0.25, 0.3) is 0 Å². The van der Waals surface area contributed by atoms with Crippen molar-refractivity contribution in [3.05, 3.63) is 53.1 Å². The zero-order valence-corrected chi connectivity index (χ0v) is 10.3. The van der Waals surface area contributed by atoms with Gasteiger partial charge in [0, 0.05) is 11.3 Å². The van der Waals surface area contributed by atoms with Gasteiger partial charge < -0.3 is 9.84 Å². The van der Waals surface area contributed by atoms with Crippen molar-refractivity contribution in [3.63, 3.8) is 0 Å². The molecule has 0 saturated carbocycles. The summed E-state index contributed by atoms with van der Waals surface area (Å²) in [6.07, 6.45) is 8.02. The molecule has 5 rings (SSSR count). The van der Waals surface area contributed by atoms with Crippen LogP contribution >= 0.6 is 11.8 Å². The second-order valence-corrected chi connectivity index (χ2v) is 6.00. The Kier molecular flexibility index (Phi) is 1.61. The smallest absolute Gasteiger partial charge is 0.130 e. The van der Waals surface area contributed by atoms with E-state index in [1.165, 1.54) is 11.1 Å².